The van der Waals surface area contributed by atoms with Crippen LogP contribution in [0.25, 0.3) is 0 Å². The summed E-state index contributed by atoms with van der Waals surface area (Å²) in [5.74, 6) is -1.98. The Hall–Kier alpha value is -1.85. The first-order valence-electron chi connectivity index (χ1n) is 4.90. The van der Waals surface area contributed by atoms with E-state index in [1.807, 2.05) is 0 Å². The van der Waals surface area contributed by atoms with Gasteiger partial charge in [0.05, 0.1) is 6.61 Å². The summed E-state index contributed by atoms with van der Waals surface area (Å²) in [4.78, 5) is 31.9. The van der Waals surface area contributed by atoms with E-state index in [0.717, 1.165) is 12.2 Å². The van der Waals surface area contributed by atoms with Gasteiger partial charge in [0.15, 0.2) is 0 Å². The number of carbonyl (C=O) groups excluding carboxylic acids is 2. The van der Waals surface area contributed by atoms with Gasteiger partial charge in [0.1, 0.15) is 0 Å². The summed E-state index contributed by atoms with van der Waals surface area (Å²) in [6, 6.07) is 0. The van der Waals surface area contributed by atoms with Crippen LogP contribution in [0, 0.1) is 0 Å². The third-order valence-electron chi connectivity index (χ3n) is 1.54. The number of carboxylic acids is 1. The van der Waals surface area contributed by atoms with E-state index in [2.05, 4.69) is 10.1 Å². The van der Waals surface area contributed by atoms with Crippen LogP contribution in [0.1, 0.15) is 19.8 Å². The fourth-order valence-electron chi connectivity index (χ4n) is 0.883. The van der Waals surface area contributed by atoms with Gasteiger partial charge in [0.2, 0.25) is 5.91 Å². The Bertz CT molecular complexity index is 285. The van der Waals surface area contributed by atoms with Crippen LogP contribution in [0.15, 0.2) is 12.2 Å². The minimum atomic E-state index is -1.18. The molecule has 6 nitrogen and oxygen atoms in total. The zero-order valence-corrected chi connectivity index (χ0v) is 9.06. The molecular weight excluding hydrogens is 214 g/mol. The maximum Gasteiger partial charge on any atom is 0.328 e. The van der Waals surface area contributed by atoms with Crippen molar-refractivity contribution in [3.05, 3.63) is 12.2 Å². The number of hydrogen-bond donors (Lipinski definition) is 2. The number of ether oxygens (including phenoxy) is 1. The predicted octanol–water partition coefficient (Wildman–Crippen LogP) is 0.0867. The highest BCUT2D eigenvalue weighted by Crippen LogP contribution is 1.91. The first kappa shape index (κ1) is 14.2. The van der Waals surface area contributed by atoms with Crippen LogP contribution < -0.4 is 5.32 Å². The van der Waals surface area contributed by atoms with E-state index < -0.39 is 11.9 Å². The van der Waals surface area contributed by atoms with Crippen LogP contribution in [0.2, 0.25) is 0 Å². The Labute approximate surface area is 93.3 Å². The number of hydrogen-bond acceptors (Lipinski definition) is 4. The van der Waals surface area contributed by atoms with E-state index in [1.165, 1.54) is 0 Å². The summed E-state index contributed by atoms with van der Waals surface area (Å²) in [7, 11) is 0. The fraction of sp³-hybridized carbons (Fsp3) is 0.500. The van der Waals surface area contributed by atoms with Gasteiger partial charge >= 0.3 is 11.9 Å². The molecule has 0 fully saturated rings. The molecule has 1 amide bonds. The second-order valence-electron chi connectivity index (χ2n) is 2.87. The maximum absolute atomic E-state index is 10.9. The first-order valence-corrected chi connectivity index (χ1v) is 4.90. The first-order chi connectivity index (χ1) is 7.56. The van der Waals surface area contributed by atoms with Crippen molar-refractivity contribution in [2.45, 2.75) is 19.8 Å². The molecule has 0 heterocycles. The molecule has 0 saturated carbocycles. The number of nitrogens with one attached hydrogen (secondary N) is 1. The monoisotopic (exact) mass is 229 g/mol. The summed E-state index contributed by atoms with van der Waals surface area (Å²) in [6.45, 7) is 2.37. The van der Waals surface area contributed by atoms with Gasteiger partial charge < -0.3 is 15.2 Å². The normalized spacial score (nSPS) is 10.1. The Kier molecular flexibility index (Phi) is 7.48. The van der Waals surface area contributed by atoms with Gasteiger partial charge in [-0.2, -0.15) is 0 Å². The highest BCUT2D eigenvalue weighted by molar-refractivity contribution is 5.93. The molecule has 0 aliphatic heterocycles. The molecule has 0 aromatic heterocycles. The average molecular weight is 229 g/mol. The second kappa shape index (κ2) is 8.46. The lowest BCUT2D eigenvalue weighted by Gasteiger charge is -2.02. The number of aliphatic carboxylic acids is 1. The minimum Gasteiger partial charge on any atom is -0.478 e. The zero-order chi connectivity index (χ0) is 12.4. The van der Waals surface area contributed by atoms with E-state index in [0.29, 0.717) is 19.6 Å². The van der Waals surface area contributed by atoms with E-state index in [4.69, 9.17) is 5.11 Å². The average Bonchev–Trinajstić information content (AvgIpc) is 2.22. The Morgan fingerprint density at radius 3 is 2.56 bits per heavy atom. The largest absolute Gasteiger partial charge is 0.478 e. The fourth-order valence-corrected chi connectivity index (χ4v) is 0.883. The summed E-state index contributed by atoms with van der Waals surface area (Å²) < 4.78 is 4.68. The van der Waals surface area contributed by atoms with Gasteiger partial charge in [0.25, 0.3) is 0 Å². The van der Waals surface area contributed by atoms with Gasteiger partial charge in [-0.15, -0.1) is 0 Å². The molecule has 0 atom stereocenters. The number of amides is 1. The molecule has 0 rings (SSSR count). The number of esters is 1. The molecule has 16 heavy (non-hydrogen) atoms. The third-order valence-corrected chi connectivity index (χ3v) is 1.54. The molecule has 0 radical (unpaired) electrons. The van der Waals surface area contributed by atoms with Gasteiger partial charge in [0, 0.05) is 25.1 Å². The second-order valence-corrected chi connectivity index (χ2v) is 2.87. The van der Waals surface area contributed by atoms with E-state index in [9.17, 15) is 14.4 Å². The molecule has 0 saturated heterocycles. The van der Waals surface area contributed by atoms with Crippen molar-refractivity contribution >= 4 is 17.8 Å². The molecule has 6 heteroatoms. The highest BCUT2D eigenvalue weighted by atomic mass is 16.5. The van der Waals surface area contributed by atoms with Crippen LogP contribution in [-0.2, 0) is 19.1 Å². The van der Waals surface area contributed by atoms with Crippen LogP contribution >= 0.6 is 0 Å². The topological polar surface area (TPSA) is 92.7 Å². The van der Waals surface area contributed by atoms with Crippen molar-refractivity contribution in [2.24, 2.45) is 0 Å². The third kappa shape index (κ3) is 8.74. The summed E-state index contributed by atoms with van der Waals surface area (Å²) >= 11 is 0. The minimum absolute atomic E-state index is 0.233. The van der Waals surface area contributed by atoms with E-state index >= 15 is 0 Å². The Morgan fingerprint density at radius 1 is 1.31 bits per heavy atom. The summed E-state index contributed by atoms with van der Waals surface area (Å²) in [6.07, 6.45) is 2.37. The number of carbonyl (C=O) groups is 3. The quantitative estimate of drug-likeness (QED) is 0.366. The zero-order valence-electron chi connectivity index (χ0n) is 9.06. The van der Waals surface area contributed by atoms with Crippen molar-refractivity contribution in [2.75, 3.05) is 13.2 Å². The van der Waals surface area contributed by atoms with Gasteiger partial charge in [-0.1, -0.05) is 0 Å². The van der Waals surface area contributed by atoms with E-state index in [-0.39, 0.29) is 12.4 Å². The summed E-state index contributed by atoms with van der Waals surface area (Å²) in [5.41, 5.74) is 0. The molecule has 0 aliphatic carbocycles. The predicted molar refractivity (Wildman–Crippen MR) is 55.7 cm³/mol. The van der Waals surface area contributed by atoms with Crippen molar-refractivity contribution in [1.29, 1.82) is 0 Å². The summed E-state index contributed by atoms with van der Waals surface area (Å²) in [5, 5.41) is 10.7. The van der Waals surface area contributed by atoms with Crippen LogP contribution in [-0.4, -0.2) is 36.1 Å². The lowest BCUT2D eigenvalue weighted by molar-refractivity contribution is -0.143. The van der Waals surface area contributed by atoms with Crippen molar-refractivity contribution in [3.8, 4) is 0 Å². The lowest BCUT2D eigenvalue weighted by Crippen LogP contribution is -2.23. The molecule has 90 valence electrons. The van der Waals surface area contributed by atoms with E-state index in [1.54, 1.807) is 6.92 Å². The van der Waals surface area contributed by atoms with Crippen molar-refractivity contribution < 1.29 is 24.2 Å². The Balaban J connectivity index is 3.55. The SMILES string of the molecule is CCOC(=O)CCCNC(=O)C=CC(=O)O. The number of rotatable bonds is 7. The molecule has 0 aliphatic rings. The molecule has 0 aromatic carbocycles. The smallest absolute Gasteiger partial charge is 0.328 e. The molecule has 0 bridgehead atoms. The van der Waals surface area contributed by atoms with Gasteiger partial charge in [-0.25, -0.2) is 4.79 Å². The van der Waals surface area contributed by atoms with Crippen molar-refractivity contribution in [1.82, 2.24) is 5.32 Å². The van der Waals surface area contributed by atoms with Crippen molar-refractivity contribution in [3.63, 3.8) is 0 Å². The molecule has 2 N–H and O–H groups in total. The number of carboxylic acid groups (broad SMARTS) is 1. The van der Waals surface area contributed by atoms with Gasteiger partial charge in [-0.05, 0) is 13.3 Å². The van der Waals surface area contributed by atoms with Crippen LogP contribution in [0.3, 0.4) is 0 Å². The maximum atomic E-state index is 10.9. The molecule has 0 unspecified atom stereocenters. The standard InChI is InChI=1S/C10H15NO5/c1-2-16-10(15)4-3-7-11-8(12)5-6-9(13)14/h5-6H,2-4,7H2,1H3,(H,11,12)(H,13,14). The molecular formula is C10H15NO5. The lowest BCUT2D eigenvalue weighted by atomic mass is 10.3. The van der Waals surface area contributed by atoms with Crippen LogP contribution in [0.4, 0.5) is 0 Å². The molecule has 0 spiro atoms. The van der Waals surface area contributed by atoms with Gasteiger partial charge in [-0.3, -0.25) is 9.59 Å². The highest BCUT2D eigenvalue weighted by Gasteiger charge is 2.01. The molecule has 0 aromatic rings. The Morgan fingerprint density at radius 2 is 2.00 bits per heavy atom. The van der Waals surface area contributed by atoms with Crippen LogP contribution in [0.5, 0.6) is 0 Å².